The minimum atomic E-state index is -3.64. The number of benzene rings is 2. The maximum Gasteiger partial charge on any atom is 0.264 e. The molecule has 2 aromatic carbocycles. The predicted molar refractivity (Wildman–Crippen MR) is 104 cm³/mol. The normalized spacial score (nSPS) is 16.9. The van der Waals surface area contributed by atoms with Gasteiger partial charge in [-0.15, -0.1) is 0 Å². The molecule has 1 amide bonds. The molecule has 0 spiro atoms. The second-order valence-electron chi connectivity index (χ2n) is 6.37. The average Bonchev–Trinajstić information content (AvgIpc) is 3.21. The van der Waals surface area contributed by atoms with Gasteiger partial charge in [0.05, 0.1) is 16.7 Å². The number of hydrogen-bond acceptors (Lipinski definition) is 4. The fraction of sp³-hybridized carbons (Fsp3) is 0.350. The quantitative estimate of drug-likeness (QED) is 0.791. The molecule has 0 aromatic heterocycles. The first-order valence-corrected chi connectivity index (χ1v) is 10.5. The summed E-state index contributed by atoms with van der Waals surface area (Å²) < 4.78 is 32.6. The number of nitrogens with zero attached hydrogens (tertiary/aromatic N) is 1. The predicted octanol–water partition coefficient (Wildman–Crippen LogP) is 2.81. The van der Waals surface area contributed by atoms with Crippen molar-refractivity contribution in [3.05, 3.63) is 60.2 Å². The topological polar surface area (TPSA) is 75.7 Å². The van der Waals surface area contributed by atoms with Gasteiger partial charge < -0.3 is 10.1 Å². The van der Waals surface area contributed by atoms with E-state index >= 15 is 0 Å². The van der Waals surface area contributed by atoms with E-state index in [-0.39, 0.29) is 16.9 Å². The number of nitrogens with one attached hydrogen (secondary N) is 1. The molecule has 1 aliphatic rings. The van der Waals surface area contributed by atoms with Crippen molar-refractivity contribution in [2.45, 2.75) is 30.8 Å². The van der Waals surface area contributed by atoms with Crippen LogP contribution in [-0.4, -0.2) is 40.1 Å². The van der Waals surface area contributed by atoms with Crippen LogP contribution in [0.4, 0.5) is 5.69 Å². The summed E-state index contributed by atoms with van der Waals surface area (Å²) in [5.74, 6) is -0.189. The Morgan fingerprint density at radius 3 is 2.44 bits per heavy atom. The molecule has 3 rings (SSSR count). The first-order chi connectivity index (χ1) is 13.0. The van der Waals surface area contributed by atoms with Gasteiger partial charge in [0.25, 0.3) is 15.9 Å². The highest BCUT2D eigenvalue weighted by Gasteiger charge is 2.23. The van der Waals surface area contributed by atoms with Gasteiger partial charge in [-0.1, -0.05) is 18.2 Å². The van der Waals surface area contributed by atoms with E-state index in [0.717, 1.165) is 19.4 Å². The van der Waals surface area contributed by atoms with Gasteiger partial charge in [-0.05, 0) is 56.2 Å². The van der Waals surface area contributed by atoms with Gasteiger partial charge in [-0.3, -0.25) is 9.10 Å². The number of anilines is 1. The van der Waals surface area contributed by atoms with Crippen molar-refractivity contribution >= 4 is 21.6 Å². The van der Waals surface area contributed by atoms with Gasteiger partial charge in [0.1, 0.15) is 0 Å². The number of ether oxygens (including phenoxy) is 1. The molecule has 0 saturated carbocycles. The van der Waals surface area contributed by atoms with E-state index in [9.17, 15) is 13.2 Å². The van der Waals surface area contributed by atoms with E-state index in [2.05, 4.69) is 5.32 Å². The molecule has 1 fully saturated rings. The Balaban J connectivity index is 1.72. The van der Waals surface area contributed by atoms with Crippen LogP contribution in [0.25, 0.3) is 0 Å². The summed E-state index contributed by atoms with van der Waals surface area (Å²) in [6.07, 6.45) is 2.07. The SMILES string of the molecule is CCN(c1ccc(C(=O)NC[C@@H]2CCCO2)cc1)S(=O)(=O)c1ccccc1. The van der Waals surface area contributed by atoms with E-state index in [1.807, 2.05) is 0 Å². The summed E-state index contributed by atoms with van der Waals surface area (Å²) in [5.41, 5.74) is 1.02. The lowest BCUT2D eigenvalue weighted by atomic mass is 10.2. The third kappa shape index (κ3) is 4.48. The first kappa shape index (κ1) is 19.4. The monoisotopic (exact) mass is 388 g/mol. The zero-order valence-corrected chi connectivity index (χ0v) is 16.1. The van der Waals surface area contributed by atoms with Crippen molar-refractivity contribution < 1.29 is 17.9 Å². The van der Waals surface area contributed by atoms with E-state index in [0.29, 0.717) is 24.3 Å². The van der Waals surface area contributed by atoms with E-state index in [1.165, 1.54) is 4.31 Å². The standard InChI is InChI=1S/C20H24N2O4S/c1-2-22(27(24,25)19-8-4-3-5-9-19)17-12-10-16(11-13-17)20(23)21-15-18-7-6-14-26-18/h3-5,8-13,18H,2,6-7,14-15H2,1H3,(H,21,23)/t18-/m0/s1. The van der Waals surface area contributed by atoms with Gasteiger partial charge in [-0.2, -0.15) is 0 Å². The molecular formula is C20H24N2O4S. The van der Waals surface area contributed by atoms with Crippen molar-refractivity contribution in [2.75, 3.05) is 24.0 Å². The van der Waals surface area contributed by atoms with Gasteiger partial charge in [0, 0.05) is 25.3 Å². The van der Waals surface area contributed by atoms with Crippen molar-refractivity contribution in [1.82, 2.24) is 5.32 Å². The van der Waals surface area contributed by atoms with E-state index in [4.69, 9.17) is 4.74 Å². The Hall–Kier alpha value is -2.38. The van der Waals surface area contributed by atoms with E-state index in [1.54, 1.807) is 61.5 Å². The first-order valence-electron chi connectivity index (χ1n) is 9.10. The number of hydrogen-bond donors (Lipinski definition) is 1. The Morgan fingerprint density at radius 2 is 1.85 bits per heavy atom. The summed E-state index contributed by atoms with van der Waals surface area (Å²) in [5, 5.41) is 2.86. The zero-order valence-electron chi connectivity index (χ0n) is 15.3. The summed E-state index contributed by atoms with van der Waals surface area (Å²) in [7, 11) is -3.64. The van der Waals surface area contributed by atoms with Crippen LogP contribution in [0.1, 0.15) is 30.1 Å². The molecule has 2 aromatic rings. The second-order valence-corrected chi connectivity index (χ2v) is 8.24. The highest BCUT2D eigenvalue weighted by atomic mass is 32.2. The molecule has 0 bridgehead atoms. The van der Waals surface area contributed by atoms with Crippen LogP contribution < -0.4 is 9.62 Å². The lowest BCUT2D eigenvalue weighted by molar-refractivity contribution is 0.0858. The zero-order chi connectivity index (χ0) is 19.3. The highest BCUT2D eigenvalue weighted by Crippen LogP contribution is 2.23. The summed E-state index contributed by atoms with van der Waals surface area (Å²) in [4.78, 5) is 12.5. The fourth-order valence-electron chi connectivity index (χ4n) is 3.10. The van der Waals surface area contributed by atoms with Gasteiger partial charge >= 0.3 is 0 Å². The number of rotatable bonds is 7. The number of carbonyl (C=O) groups is 1. The van der Waals surface area contributed by atoms with Crippen molar-refractivity contribution in [1.29, 1.82) is 0 Å². The summed E-state index contributed by atoms with van der Waals surface area (Å²) >= 11 is 0. The Morgan fingerprint density at radius 1 is 1.15 bits per heavy atom. The van der Waals surface area contributed by atoms with E-state index < -0.39 is 10.0 Å². The maximum absolute atomic E-state index is 12.9. The van der Waals surface area contributed by atoms with Crippen molar-refractivity contribution in [3.8, 4) is 0 Å². The van der Waals surface area contributed by atoms with Crippen LogP contribution in [-0.2, 0) is 14.8 Å². The van der Waals surface area contributed by atoms with Gasteiger partial charge in [0.15, 0.2) is 0 Å². The molecule has 7 heteroatoms. The van der Waals surface area contributed by atoms with Crippen LogP contribution in [0.5, 0.6) is 0 Å². The van der Waals surface area contributed by atoms with Crippen LogP contribution in [0.15, 0.2) is 59.5 Å². The lowest BCUT2D eigenvalue weighted by Gasteiger charge is -2.23. The number of carbonyl (C=O) groups excluding carboxylic acids is 1. The molecule has 1 atom stereocenters. The Labute approximate surface area is 160 Å². The number of sulfonamides is 1. The maximum atomic E-state index is 12.9. The third-order valence-corrected chi connectivity index (χ3v) is 6.47. The smallest absolute Gasteiger partial charge is 0.264 e. The fourth-order valence-corrected chi connectivity index (χ4v) is 4.60. The molecule has 1 saturated heterocycles. The molecule has 6 nitrogen and oxygen atoms in total. The third-order valence-electron chi connectivity index (χ3n) is 4.55. The molecule has 1 N–H and O–H groups in total. The minimum Gasteiger partial charge on any atom is -0.376 e. The molecule has 27 heavy (non-hydrogen) atoms. The molecule has 1 heterocycles. The van der Waals surface area contributed by atoms with Crippen LogP contribution in [0.2, 0.25) is 0 Å². The molecule has 0 aliphatic carbocycles. The lowest BCUT2D eigenvalue weighted by Crippen LogP contribution is -2.32. The molecule has 144 valence electrons. The van der Waals surface area contributed by atoms with Gasteiger partial charge in [0.2, 0.25) is 0 Å². The molecular weight excluding hydrogens is 364 g/mol. The number of amides is 1. The molecule has 0 unspecified atom stereocenters. The van der Waals surface area contributed by atoms with Gasteiger partial charge in [-0.25, -0.2) is 8.42 Å². The van der Waals surface area contributed by atoms with Crippen LogP contribution >= 0.6 is 0 Å². The van der Waals surface area contributed by atoms with Crippen LogP contribution in [0, 0.1) is 0 Å². The largest absolute Gasteiger partial charge is 0.376 e. The molecule has 0 radical (unpaired) electrons. The van der Waals surface area contributed by atoms with Crippen LogP contribution in [0.3, 0.4) is 0 Å². The Bertz CT molecular complexity index is 861. The Kier molecular flexibility index (Phi) is 6.13. The van der Waals surface area contributed by atoms with Crippen molar-refractivity contribution in [3.63, 3.8) is 0 Å². The molecule has 1 aliphatic heterocycles. The second kappa shape index (κ2) is 8.54. The minimum absolute atomic E-state index is 0.0832. The summed E-state index contributed by atoms with van der Waals surface area (Å²) in [6.45, 7) is 3.31. The summed E-state index contributed by atoms with van der Waals surface area (Å²) in [6, 6.07) is 14.9. The average molecular weight is 388 g/mol. The highest BCUT2D eigenvalue weighted by molar-refractivity contribution is 7.92. The van der Waals surface area contributed by atoms with Crippen molar-refractivity contribution in [2.24, 2.45) is 0 Å².